The van der Waals surface area contributed by atoms with Gasteiger partial charge in [0.15, 0.2) is 0 Å². The van der Waals surface area contributed by atoms with Crippen LogP contribution >= 0.6 is 11.3 Å². The molecule has 0 radical (unpaired) electrons. The summed E-state index contributed by atoms with van der Waals surface area (Å²) in [5.41, 5.74) is 6.26. The van der Waals surface area contributed by atoms with Crippen molar-refractivity contribution in [1.29, 1.82) is 0 Å². The number of hydrogen-bond acceptors (Lipinski definition) is 5. The molecule has 0 bridgehead atoms. The molecule has 130 valence electrons. The zero-order valence-electron chi connectivity index (χ0n) is 12.8. The number of halogens is 3. The molecule has 0 aliphatic heterocycles. The van der Waals surface area contributed by atoms with Gasteiger partial charge in [-0.25, -0.2) is 4.98 Å². The fourth-order valence-corrected chi connectivity index (χ4v) is 2.82. The Balaban J connectivity index is 2.04. The van der Waals surface area contributed by atoms with E-state index in [1.165, 1.54) is 34.4 Å². The van der Waals surface area contributed by atoms with Gasteiger partial charge >= 0.3 is 6.36 Å². The van der Waals surface area contributed by atoms with E-state index in [9.17, 15) is 18.0 Å². The molecule has 2 rings (SSSR count). The summed E-state index contributed by atoms with van der Waals surface area (Å²) < 4.78 is 40.6. The average molecular weight is 359 g/mol. The van der Waals surface area contributed by atoms with Crippen LogP contribution in [0.15, 0.2) is 29.6 Å². The van der Waals surface area contributed by atoms with Crippen LogP contribution in [0.5, 0.6) is 5.75 Å². The predicted molar refractivity (Wildman–Crippen MR) is 83.8 cm³/mol. The van der Waals surface area contributed by atoms with Crippen LogP contribution < -0.4 is 10.5 Å². The van der Waals surface area contributed by atoms with Gasteiger partial charge in [0.05, 0.1) is 5.01 Å². The average Bonchev–Trinajstić information content (AvgIpc) is 2.94. The summed E-state index contributed by atoms with van der Waals surface area (Å²) in [7, 11) is 1.56. The Morgan fingerprint density at radius 3 is 2.83 bits per heavy atom. The monoisotopic (exact) mass is 359 g/mol. The normalized spacial score (nSPS) is 11.4. The fourth-order valence-electron chi connectivity index (χ4n) is 2.03. The number of carbonyl (C=O) groups is 1. The van der Waals surface area contributed by atoms with Gasteiger partial charge in [0.2, 0.25) is 0 Å². The van der Waals surface area contributed by atoms with Gasteiger partial charge in [-0.05, 0) is 24.2 Å². The number of alkyl halides is 3. The van der Waals surface area contributed by atoms with E-state index in [1.807, 2.05) is 0 Å². The lowest BCUT2D eigenvalue weighted by molar-refractivity contribution is -0.274. The number of aromatic nitrogens is 1. The number of ether oxygens (including phenoxy) is 1. The van der Waals surface area contributed by atoms with E-state index in [1.54, 1.807) is 18.5 Å². The standard InChI is InChI=1S/C15H16F3N3O2S/c1-21(14(22)12-9-24-13(20-12)5-6-19)8-10-3-2-4-11(7-10)23-15(16,17)18/h2-4,7,9H,5-6,8,19H2,1H3. The summed E-state index contributed by atoms with van der Waals surface area (Å²) in [6.07, 6.45) is -4.15. The van der Waals surface area contributed by atoms with Crippen molar-refractivity contribution in [3.05, 3.63) is 45.9 Å². The first-order valence-corrected chi connectivity index (χ1v) is 7.91. The number of nitrogens with two attached hydrogens (primary N) is 1. The summed E-state index contributed by atoms with van der Waals surface area (Å²) in [5.74, 6) is -0.628. The van der Waals surface area contributed by atoms with Crippen molar-refractivity contribution in [2.45, 2.75) is 19.3 Å². The molecule has 0 aliphatic rings. The van der Waals surface area contributed by atoms with E-state index in [4.69, 9.17) is 5.73 Å². The van der Waals surface area contributed by atoms with E-state index in [0.717, 1.165) is 5.01 Å². The minimum atomic E-state index is -4.75. The zero-order valence-corrected chi connectivity index (χ0v) is 13.7. The Bertz CT molecular complexity index is 703. The highest BCUT2D eigenvalue weighted by molar-refractivity contribution is 7.09. The van der Waals surface area contributed by atoms with Crippen LogP contribution in [0.25, 0.3) is 0 Å². The molecule has 1 heterocycles. The van der Waals surface area contributed by atoms with Crippen LogP contribution in [-0.4, -0.2) is 35.7 Å². The fraction of sp³-hybridized carbons (Fsp3) is 0.333. The molecule has 0 fully saturated rings. The predicted octanol–water partition coefficient (Wildman–Crippen LogP) is 2.82. The van der Waals surface area contributed by atoms with E-state index in [2.05, 4.69) is 9.72 Å². The molecule has 1 aromatic heterocycles. The van der Waals surface area contributed by atoms with Gasteiger partial charge in [-0.2, -0.15) is 0 Å². The van der Waals surface area contributed by atoms with Gasteiger partial charge in [-0.15, -0.1) is 24.5 Å². The molecule has 1 amide bonds. The van der Waals surface area contributed by atoms with E-state index in [0.29, 0.717) is 24.2 Å². The van der Waals surface area contributed by atoms with Crippen molar-refractivity contribution in [1.82, 2.24) is 9.88 Å². The van der Waals surface area contributed by atoms with Crippen LogP contribution in [0.1, 0.15) is 21.1 Å². The number of nitrogens with zero attached hydrogens (tertiary/aromatic N) is 2. The molecule has 0 saturated carbocycles. The molecule has 9 heteroatoms. The largest absolute Gasteiger partial charge is 0.573 e. The number of carbonyl (C=O) groups excluding carboxylic acids is 1. The maximum Gasteiger partial charge on any atom is 0.573 e. The number of hydrogen-bond donors (Lipinski definition) is 1. The maximum atomic E-state index is 12.3. The summed E-state index contributed by atoms with van der Waals surface area (Å²) in [4.78, 5) is 17.9. The molecule has 24 heavy (non-hydrogen) atoms. The first-order valence-electron chi connectivity index (χ1n) is 7.03. The van der Waals surface area contributed by atoms with Crippen molar-refractivity contribution < 1.29 is 22.7 Å². The quantitative estimate of drug-likeness (QED) is 0.861. The topological polar surface area (TPSA) is 68.5 Å². The minimum Gasteiger partial charge on any atom is -0.406 e. The molecule has 2 N–H and O–H groups in total. The van der Waals surface area contributed by atoms with E-state index >= 15 is 0 Å². The van der Waals surface area contributed by atoms with Gasteiger partial charge in [-0.1, -0.05) is 12.1 Å². The molecule has 5 nitrogen and oxygen atoms in total. The van der Waals surface area contributed by atoms with E-state index < -0.39 is 6.36 Å². The van der Waals surface area contributed by atoms with Crippen molar-refractivity contribution in [3.63, 3.8) is 0 Å². The molecule has 0 spiro atoms. The lowest BCUT2D eigenvalue weighted by atomic mass is 10.2. The third-order valence-electron chi connectivity index (χ3n) is 3.03. The summed E-state index contributed by atoms with van der Waals surface area (Å²) in [6, 6.07) is 5.52. The summed E-state index contributed by atoms with van der Waals surface area (Å²) in [5, 5.41) is 2.42. The highest BCUT2D eigenvalue weighted by Crippen LogP contribution is 2.24. The van der Waals surface area contributed by atoms with E-state index in [-0.39, 0.29) is 18.2 Å². The van der Waals surface area contributed by atoms with Crippen molar-refractivity contribution in [2.24, 2.45) is 5.73 Å². The van der Waals surface area contributed by atoms with Crippen molar-refractivity contribution in [2.75, 3.05) is 13.6 Å². The third kappa shape index (κ3) is 5.20. The number of benzene rings is 1. The highest BCUT2D eigenvalue weighted by atomic mass is 32.1. The number of thiazole rings is 1. The first-order chi connectivity index (χ1) is 11.3. The number of amides is 1. The Morgan fingerprint density at radius 1 is 1.42 bits per heavy atom. The number of rotatable bonds is 6. The molecule has 0 saturated heterocycles. The molecule has 0 unspecified atom stereocenters. The van der Waals surface area contributed by atoms with Crippen molar-refractivity contribution in [3.8, 4) is 5.75 Å². The molecular weight excluding hydrogens is 343 g/mol. The molecular formula is C15H16F3N3O2S. The van der Waals surface area contributed by atoms with Crippen LogP contribution in [0.3, 0.4) is 0 Å². The molecule has 0 aliphatic carbocycles. The molecule has 0 atom stereocenters. The first kappa shape index (κ1) is 18.2. The van der Waals surface area contributed by atoms with Crippen LogP contribution in [-0.2, 0) is 13.0 Å². The SMILES string of the molecule is CN(Cc1cccc(OC(F)(F)F)c1)C(=O)c1csc(CCN)n1. The smallest absolute Gasteiger partial charge is 0.406 e. The molecule has 1 aromatic carbocycles. The van der Waals surface area contributed by atoms with Gasteiger partial charge in [0.25, 0.3) is 5.91 Å². The lowest BCUT2D eigenvalue weighted by Gasteiger charge is -2.17. The second-order valence-corrected chi connectivity index (χ2v) is 5.96. The Labute approximate surface area is 140 Å². The summed E-state index contributed by atoms with van der Waals surface area (Å²) >= 11 is 1.35. The second kappa shape index (κ2) is 7.63. The van der Waals surface area contributed by atoms with Gasteiger partial charge in [-0.3, -0.25) is 4.79 Å². The highest BCUT2D eigenvalue weighted by Gasteiger charge is 2.31. The van der Waals surface area contributed by atoms with Crippen LogP contribution in [0.2, 0.25) is 0 Å². The molecule has 2 aromatic rings. The Kier molecular flexibility index (Phi) is 5.79. The zero-order chi connectivity index (χ0) is 17.7. The van der Waals surface area contributed by atoms with Gasteiger partial charge < -0.3 is 15.4 Å². The third-order valence-corrected chi connectivity index (χ3v) is 3.94. The Hall–Kier alpha value is -2.13. The minimum absolute atomic E-state index is 0.137. The van der Waals surface area contributed by atoms with Crippen LogP contribution in [0, 0.1) is 0 Å². The maximum absolute atomic E-state index is 12.3. The van der Waals surface area contributed by atoms with Gasteiger partial charge in [0.1, 0.15) is 11.4 Å². The second-order valence-electron chi connectivity index (χ2n) is 5.02. The Morgan fingerprint density at radius 2 is 2.17 bits per heavy atom. The van der Waals surface area contributed by atoms with Gasteiger partial charge in [0, 0.05) is 25.4 Å². The summed E-state index contributed by atoms with van der Waals surface area (Å²) in [6.45, 7) is 0.584. The van der Waals surface area contributed by atoms with Crippen LogP contribution in [0.4, 0.5) is 13.2 Å². The van der Waals surface area contributed by atoms with Crippen molar-refractivity contribution >= 4 is 17.2 Å². The lowest BCUT2D eigenvalue weighted by Crippen LogP contribution is -2.26.